The zero-order valence-electron chi connectivity index (χ0n) is 15.3. The Morgan fingerprint density at radius 2 is 1.85 bits per heavy atom. The monoisotopic (exact) mass is 348 g/mol. The number of amides is 1. The molecule has 0 bridgehead atoms. The van der Waals surface area contributed by atoms with Crippen LogP contribution in [0.4, 0.5) is 0 Å². The fraction of sp³-hybridized carbons (Fsp3) is 0.333. The first-order valence-corrected chi connectivity index (χ1v) is 9.16. The summed E-state index contributed by atoms with van der Waals surface area (Å²) in [5.74, 6) is 0.910. The molecule has 2 aromatic carbocycles. The highest BCUT2D eigenvalue weighted by Crippen LogP contribution is 2.22. The number of imidazole rings is 1. The number of piperidine rings is 1. The molecule has 0 saturated carbocycles. The molecule has 0 unspecified atom stereocenters. The molecular formula is C21H24N4O. The number of carbonyl (C=O) groups is 1. The van der Waals surface area contributed by atoms with E-state index in [-0.39, 0.29) is 11.9 Å². The minimum Gasteiger partial charge on any atom is -0.349 e. The van der Waals surface area contributed by atoms with Crippen molar-refractivity contribution in [3.05, 3.63) is 59.9 Å². The van der Waals surface area contributed by atoms with Crippen molar-refractivity contribution < 1.29 is 4.79 Å². The number of likely N-dealkylation sites (tertiary alicyclic amines) is 1. The Morgan fingerprint density at radius 3 is 2.58 bits per heavy atom. The third-order valence-corrected chi connectivity index (χ3v) is 5.15. The van der Waals surface area contributed by atoms with E-state index < -0.39 is 0 Å². The summed E-state index contributed by atoms with van der Waals surface area (Å²) in [5.41, 5.74) is 3.62. The first-order valence-electron chi connectivity index (χ1n) is 9.16. The first kappa shape index (κ1) is 16.8. The van der Waals surface area contributed by atoms with Crippen LogP contribution in [0.1, 0.15) is 29.0 Å². The molecule has 5 heteroatoms. The van der Waals surface area contributed by atoms with Gasteiger partial charge in [-0.25, -0.2) is 4.98 Å². The Morgan fingerprint density at radius 1 is 1.12 bits per heavy atom. The van der Waals surface area contributed by atoms with Crippen molar-refractivity contribution in [1.82, 2.24) is 19.8 Å². The summed E-state index contributed by atoms with van der Waals surface area (Å²) in [5, 5.41) is 3.17. The van der Waals surface area contributed by atoms with E-state index in [9.17, 15) is 4.79 Å². The van der Waals surface area contributed by atoms with E-state index >= 15 is 0 Å². The van der Waals surface area contributed by atoms with Crippen LogP contribution in [-0.4, -0.2) is 46.5 Å². The third-order valence-electron chi connectivity index (χ3n) is 5.15. The van der Waals surface area contributed by atoms with E-state index in [1.54, 1.807) is 0 Å². The predicted octanol–water partition coefficient (Wildman–Crippen LogP) is 3.16. The van der Waals surface area contributed by atoms with Gasteiger partial charge in [0.05, 0.1) is 11.0 Å². The Kier molecular flexibility index (Phi) is 4.47. The Bertz CT molecular complexity index is 924. The smallest absolute Gasteiger partial charge is 0.251 e. The molecular weight excluding hydrogens is 324 g/mol. The lowest BCUT2D eigenvalue weighted by Gasteiger charge is -2.29. The van der Waals surface area contributed by atoms with Crippen LogP contribution < -0.4 is 5.32 Å². The van der Waals surface area contributed by atoms with Gasteiger partial charge in [0.15, 0.2) is 0 Å². The highest BCUT2D eigenvalue weighted by atomic mass is 16.1. The molecule has 1 aromatic heterocycles. The summed E-state index contributed by atoms with van der Waals surface area (Å²) in [7, 11) is 2.12. The lowest BCUT2D eigenvalue weighted by Crippen LogP contribution is -2.43. The molecule has 1 fully saturated rings. The molecule has 1 aliphatic heterocycles. The van der Waals surface area contributed by atoms with E-state index in [2.05, 4.69) is 38.9 Å². The van der Waals surface area contributed by atoms with Crippen LogP contribution in [0.25, 0.3) is 16.7 Å². The van der Waals surface area contributed by atoms with Gasteiger partial charge in [0, 0.05) is 17.3 Å². The number of para-hydroxylation sites is 1. The molecule has 0 aliphatic carbocycles. The van der Waals surface area contributed by atoms with Crippen molar-refractivity contribution in [2.75, 3.05) is 20.1 Å². The number of benzene rings is 2. The van der Waals surface area contributed by atoms with E-state index in [1.165, 1.54) is 0 Å². The number of fused-ring (bicyclic) bond motifs is 1. The molecule has 0 atom stereocenters. The molecule has 1 aliphatic rings. The number of carbonyl (C=O) groups excluding carboxylic acids is 1. The zero-order chi connectivity index (χ0) is 18.1. The topological polar surface area (TPSA) is 50.2 Å². The van der Waals surface area contributed by atoms with Gasteiger partial charge in [-0.05, 0) is 70.2 Å². The average Bonchev–Trinajstić information content (AvgIpc) is 2.99. The molecule has 2 heterocycles. The van der Waals surface area contributed by atoms with Crippen LogP contribution in [0.15, 0.2) is 48.5 Å². The summed E-state index contributed by atoms with van der Waals surface area (Å²) < 4.78 is 2.12. The Balaban J connectivity index is 1.59. The molecule has 0 radical (unpaired) electrons. The van der Waals surface area contributed by atoms with Crippen LogP contribution in [-0.2, 0) is 0 Å². The zero-order valence-corrected chi connectivity index (χ0v) is 15.3. The summed E-state index contributed by atoms with van der Waals surface area (Å²) in [4.78, 5) is 19.6. The van der Waals surface area contributed by atoms with E-state index in [0.717, 1.165) is 48.5 Å². The van der Waals surface area contributed by atoms with Crippen molar-refractivity contribution in [2.45, 2.75) is 25.8 Å². The second kappa shape index (κ2) is 6.92. The van der Waals surface area contributed by atoms with Gasteiger partial charge < -0.3 is 10.2 Å². The van der Waals surface area contributed by atoms with Crippen molar-refractivity contribution in [3.8, 4) is 5.69 Å². The maximum Gasteiger partial charge on any atom is 0.251 e. The standard InChI is InChI=1S/C21H24N4O/c1-15-22-19-14-16(21(26)23-17-10-12-24(2)13-11-17)8-9-20(19)25(15)18-6-4-3-5-7-18/h3-9,14,17H,10-13H2,1-2H3,(H,23,26). The molecule has 1 N–H and O–H groups in total. The number of nitrogens with zero attached hydrogens (tertiary/aromatic N) is 3. The predicted molar refractivity (Wildman–Crippen MR) is 104 cm³/mol. The van der Waals surface area contributed by atoms with Gasteiger partial charge in [-0.2, -0.15) is 0 Å². The number of aromatic nitrogens is 2. The maximum atomic E-state index is 12.6. The van der Waals surface area contributed by atoms with E-state index in [1.807, 2.05) is 43.3 Å². The van der Waals surface area contributed by atoms with Gasteiger partial charge in [0.25, 0.3) is 5.91 Å². The maximum absolute atomic E-state index is 12.6. The summed E-state index contributed by atoms with van der Waals surface area (Å²) in [6.45, 7) is 4.06. The fourth-order valence-corrected chi connectivity index (χ4v) is 3.67. The van der Waals surface area contributed by atoms with Gasteiger partial charge in [-0.1, -0.05) is 18.2 Å². The van der Waals surface area contributed by atoms with E-state index in [4.69, 9.17) is 0 Å². The van der Waals surface area contributed by atoms with Crippen molar-refractivity contribution >= 4 is 16.9 Å². The van der Waals surface area contributed by atoms with Crippen LogP contribution in [0.3, 0.4) is 0 Å². The fourth-order valence-electron chi connectivity index (χ4n) is 3.67. The molecule has 134 valence electrons. The minimum absolute atomic E-state index is 0.00614. The number of nitrogens with one attached hydrogen (secondary N) is 1. The van der Waals surface area contributed by atoms with Gasteiger partial charge in [-0.3, -0.25) is 9.36 Å². The second-order valence-corrected chi connectivity index (χ2v) is 7.08. The number of aryl methyl sites for hydroxylation is 1. The SMILES string of the molecule is Cc1nc2cc(C(=O)NC3CCN(C)CC3)ccc2n1-c1ccccc1. The summed E-state index contributed by atoms with van der Waals surface area (Å²) in [6.07, 6.45) is 2.01. The Hall–Kier alpha value is -2.66. The number of rotatable bonds is 3. The molecule has 26 heavy (non-hydrogen) atoms. The van der Waals surface area contributed by atoms with Crippen molar-refractivity contribution in [1.29, 1.82) is 0 Å². The lowest BCUT2D eigenvalue weighted by molar-refractivity contribution is 0.0917. The minimum atomic E-state index is -0.00614. The van der Waals surface area contributed by atoms with Crippen LogP contribution in [0, 0.1) is 6.92 Å². The number of hydrogen-bond acceptors (Lipinski definition) is 3. The summed E-state index contributed by atoms with van der Waals surface area (Å²) in [6, 6.07) is 16.2. The van der Waals surface area contributed by atoms with E-state index in [0.29, 0.717) is 5.56 Å². The molecule has 1 saturated heterocycles. The normalized spacial score (nSPS) is 16.1. The quantitative estimate of drug-likeness (QED) is 0.791. The Labute approximate surface area is 153 Å². The van der Waals surface area contributed by atoms with Gasteiger partial charge in [0.1, 0.15) is 5.82 Å². The van der Waals surface area contributed by atoms with Gasteiger partial charge in [-0.15, -0.1) is 0 Å². The van der Waals surface area contributed by atoms with Gasteiger partial charge in [0.2, 0.25) is 0 Å². The second-order valence-electron chi connectivity index (χ2n) is 7.08. The van der Waals surface area contributed by atoms with Crippen LogP contribution in [0.5, 0.6) is 0 Å². The average molecular weight is 348 g/mol. The van der Waals surface area contributed by atoms with Crippen molar-refractivity contribution in [3.63, 3.8) is 0 Å². The lowest BCUT2D eigenvalue weighted by atomic mass is 10.0. The third kappa shape index (κ3) is 3.22. The molecule has 3 aromatic rings. The highest BCUT2D eigenvalue weighted by Gasteiger charge is 2.20. The van der Waals surface area contributed by atoms with Crippen LogP contribution >= 0.6 is 0 Å². The first-order chi connectivity index (χ1) is 12.6. The van der Waals surface area contributed by atoms with Gasteiger partial charge >= 0.3 is 0 Å². The molecule has 5 nitrogen and oxygen atoms in total. The summed E-state index contributed by atoms with van der Waals surface area (Å²) >= 11 is 0. The highest BCUT2D eigenvalue weighted by molar-refractivity contribution is 5.97. The number of hydrogen-bond donors (Lipinski definition) is 1. The molecule has 4 rings (SSSR count). The molecule has 1 amide bonds. The van der Waals surface area contributed by atoms with Crippen LogP contribution in [0.2, 0.25) is 0 Å². The molecule has 0 spiro atoms. The van der Waals surface area contributed by atoms with Crippen molar-refractivity contribution in [2.24, 2.45) is 0 Å². The largest absolute Gasteiger partial charge is 0.349 e.